The van der Waals surface area contributed by atoms with Gasteiger partial charge >= 0.3 is 0 Å². The first-order chi connectivity index (χ1) is 6.24. The molecule has 0 aromatic rings. The van der Waals surface area contributed by atoms with Crippen molar-refractivity contribution in [2.24, 2.45) is 0 Å². The lowest BCUT2D eigenvalue weighted by molar-refractivity contribution is -0.120. The summed E-state index contributed by atoms with van der Waals surface area (Å²) in [6.07, 6.45) is 2.89. The van der Waals surface area contributed by atoms with Crippen LogP contribution in [0, 0.1) is 0 Å². The molecule has 74 valence electrons. The van der Waals surface area contributed by atoms with E-state index >= 15 is 0 Å². The number of carbonyl (C=O) groups excluding carboxylic acids is 1. The number of rotatable bonds is 3. The van der Waals surface area contributed by atoms with Crippen LogP contribution in [-0.2, 0) is 9.53 Å². The van der Waals surface area contributed by atoms with E-state index in [1.807, 2.05) is 6.92 Å². The molecule has 0 atom stereocenters. The number of ketones is 1. The Bertz CT molecular complexity index is 201. The van der Waals surface area contributed by atoms with Gasteiger partial charge in [0.25, 0.3) is 0 Å². The first kappa shape index (κ1) is 9.16. The van der Waals surface area contributed by atoms with Gasteiger partial charge in [0.1, 0.15) is 5.78 Å². The molecule has 0 aromatic carbocycles. The molecule has 2 rings (SSSR count). The van der Waals surface area contributed by atoms with E-state index < -0.39 is 0 Å². The number of nitrogens with zero attached hydrogens (tertiary/aromatic N) is 1. The maximum atomic E-state index is 11.2. The average molecular weight is 183 g/mol. The lowest BCUT2D eigenvalue weighted by Crippen LogP contribution is -2.40. The third-order valence-corrected chi connectivity index (χ3v) is 3.11. The van der Waals surface area contributed by atoms with Crippen molar-refractivity contribution < 1.29 is 9.53 Å². The SMILES string of the molecule is CCC(=O)CN1CCC2(CC1)CO2. The second-order valence-electron chi connectivity index (χ2n) is 4.14. The highest BCUT2D eigenvalue weighted by molar-refractivity contribution is 5.80. The van der Waals surface area contributed by atoms with Crippen molar-refractivity contribution in [3.05, 3.63) is 0 Å². The summed E-state index contributed by atoms with van der Waals surface area (Å²) >= 11 is 0. The van der Waals surface area contributed by atoms with Gasteiger partial charge in [0.2, 0.25) is 0 Å². The smallest absolute Gasteiger partial charge is 0.146 e. The van der Waals surface area contributed by atoms with E-state index in [1.54, 1.807) is 0 Å². The Morgan fingerprint density at radius 1 is 1.46 bits per heavy atom. The van der Waals surface area contributed by atoms with Gasteiger partial charge < -0.3 is 4.74 Å². The quantitative estimate of drug-likeness (QED) is 0.608. The van der Waals surface area contributed by atoms with Crippen molar-refractivity contribution in [1.82, 2.24) is 4.90 Å². The van der Waals surface area contributed by atoms with Gasteiger partial charge in [0, 0.05) is 19.5 Å². The molecule has 2 aliphatic rings. The minimum absolute atomic E-state index is 0.242. The second kappa shape index (κ2) is 3.39. The Labute approximate surface area is 79.0 Å². The molecule has 0 amide bonds. The van der Waals surface area contributed by atoms with Crippen molar-refractivity contribution in [1.29, 1.82) is 0 Å². The molecule has 2 fully saturated rings. The lowest BCUT2D eigenvalue weighted by Gasteiger charge is -2.29. The summed E-state index contributed by atoms with van der Waals surface area (Å²) < 4.78 is 5.40. The zero-order valence-electron chi connectivity index (χ0n) is 8.21. The van der Waals surface area contributed by atoms with Crippen molar-refractivity contribution in [2.75, 3.05) is 26.2 Å². The zero-order valence-corrected chi connectivity index (χ0v) is 8.21. The summed E-state index contributed by atoms with van der Waals surface area (Å²) in [5, 5.41) is 0. The number of hydrogen-bond donors (Lipinski definition) is 0. The molecule has 0 N–H and O–H groups in total. The number of epoxide rings is 1. The van der Waals surface area contributed by atoms with Gasteiger partial charge in [-0.25, -0.2) is 0 Å². The highest BCUT2D eigenvalue weighted by atomic mass is 16.6. The van der Waals surface area contributed by atoms with Crippen LogP contribution in [0.4, 0.5) is 0 Å². The van der Waals surface area contributed by atoms with E-state index in [0.717, 1.165) is 32.5 Å². The molecule has 0 bridgehead atoms. The maximum absolute atomic E-state index is 11.2. The predicted octanol–water partition coefficient (Wildman–Crippen LogP) is 0.830. The van der Waals surface area contributed by atoms with Gasteiger partial charge in [0.05, 0.1) is 18.8 Å². The standard InChI is InChI=1S/C10H17NO2/c1-2-9(12)7-11-5-3-10(4-6-11)8-13-10/h2-8H2,1H3. The molecule has 2 aliphatic heterocycles. The van der Waals surface area contributed by atoms with Crippen molar-refractivity contribution in [3.8, 4) is 0 Å². The molecule has 1 spiro atoms. The van der Waals surface area contributed by atoms with Gasteiger partial charge in [-0.2, -0.15) is 0 Å². The first-order valence-corrected chi connectivity index (χ1v) is 5.12. The summed E-state index contributed by atoms with van der Waals surface area (Å²) in [4.78, 5) is 13.4. The van der Waals surface area contributed by atoms with Crippen LogP contribution >= 0.6 is 0 Å². The topological polar surface area (TPSA) is 32.8 Å². The number of ether oxygens (including phenoxy) is 1. The van der Waals surface area contributed by atoms with Crippen LogP contribution < -0.4 is 0 Å². The number of piperidine rings is 1. The molecule has 0 saturated carbocycles. The third-order valence-electron chi connectivity index (χ3n) is 3.11. The van der Waals surface area contributed by atoms with Crippen LogP contribution in [-0.4, -0.2) is 42.5 Å². The zero-order chi connectivity index (χ0) is 9.31. The van der Waals surface area contributed by atoms with Gasteiger partial charge in [-0.3, -0.25) is 9.69 Å². The summed E-state index contributed by atoms with van der Waals surface area (Å²) in [7, 11) is 0. The fourth-order valence-corrected chi connectivity index (χ4v) is 1.87. The molecule has 2 saturated heterocycles. The van der Waals surface area contributed by atoms with Crippen LogP contribution in [0.1, 0.15) is 26.2 Å². The van der Waals surface area contributed by atoms with Crippen LogP contribution in [0.5, 0.6) is 0 Å². The lowest BCUT2D eigenvalue weighted by atomic mass is 9.97. The minimum Gasteiger partial charge on any atom is -0.369 e. The number of hydrogen-bond acceptors (Lipinski definition) is 3. The first-order valence-electron chi connectivity index (χ1n) is 5.12. The largest absolute Gasteiger partial charge is 0.369 e. The van der Waals surface area contributed by atoms with E-state index in [2.05, 4.69) is 4.90 Å². The molecule has 3 heteroatoms. The molecular weight excluding hydrogens is 166 g/mol. The van der Waals surface area contributed by atoms with Gasteiger partial charge in [-0.1, -0.05) is 6.92 Å². The Balaban J connectivity index is 1.74. The maximum Gasteiger partial charge on any atom is 0.146 e. The van der Waals surface area contributed by atoms with Crippen LogP contribution in [0.15, 0.2) is 0 Å². The van der Waals surface area contributed by atoms with Crippen molar-refractivity contribution in [3.63, 3.8) is 0 Å². The van der Waals surface area contributed by atoms with E-state index in [1.165, 1.54) is 0 Å². The van der Waals surface area contributed by atoms with Gasteiger partial charge in [0.15, 0.2) is 0 Å². The summed E-state index contributed by atoms with van der Waals surface area (Å²) in [5.74, 6) is 0.354. The Kier molecular flexibility index (Phi) is 2.39. The Hall–Kier alpha value is -0.410. The number of carbonyl (C=O) groups is 1. The molecular formula is C10H17NO2. The minimum atomic E-state index is 0.242. The van der Waals surface area contributed by atoms with E-state index in [0.29, 0.717) is 18.7 Å². The highest BCUT2D eigenvalue weighted by Gasteiger charge is 2.46. The molecule has 3 nitrogen and oxygen atoms in total. The Morgan fingerprint density at radius 3 is 2.54 bits per heavy atom. The normalized spacial score (nSPS) is 26.2. The molecule has 2 heterocycles. The average Bonchev–Trinajstić information content (AvgIpc) is 2.90. The summed E-state index contributed by atoms with van der Waals surface area (Å²) in [5.41, 5.74) is 0.242. The fraction of sp³-hybridized carbons (Fsp3) is 0.900. The van der Waals surface area contributed by atoms with Crippen molar-refractivity contribution >= 4 is 5.78 Å². The van der Waals surface area contributed by atoms with Gasteiger partial charge in [-0.15, -0.1) is 0 Å². The van der Waals surface area contributed by atoms with Crippen molar-refractivity contribution in [2.45, 2.75) is 31.8 Å². The monoisotopic (exact) mass is 183 g/mol. The molecule has 0 unspecified atom stereocenters. The fourth-order valence-electron chi connectivity index (χ4n) is 1.87. The number of likely N-dealkylation sites (tertiary alicyclic amines) is 1. The second-order valence-corrected chi connectivity index (χ2v) is 4.14. The Morgan fingerprint density at radius 2 is 2.08 bits per heavy atom. The molecule has 0 aliphatic carbocycles. The van der Waals surface area contributed by atoms with E-state index in [4.69, 9.17) is 4.74 Å². The third kappa shape index (κ3) is 2.09. The molecule has 0 aromatic heterocycles. The molecule has 13 heavy (non-hydrogen) atoms. The van der Waals surface area contributed by atoms with E-state index in [-0.39, 0.29) is 5.60 Å². The van der Waals surface area contributed by atoms with Crippen LogP contribution in [0.3, 0.4) is 0 Å². The van der Waals surface area contributed by atoms with E-state index in [9.17, 15) is 4.79 Å². The van der Waals surface area contributed by atoms with Gasteiger partial charge in [-0.05, 0) is 12.8 Å². The van der Waals surface area contributed by atoms with Crippen LogP contribution in [0.2, 0.25) is 0 Å². The predicted molar refractivity (Wildman–Crippen MR) is 49.7 cm³/mol. The number of Topliss-reactive ketones (excluding diaryl/α,β-unsaturated/α-hetero) is 1. The summed E-state index contributed by atoms with van der Waals surface area (Å²) in [6, 6.07) is 0. The highest BCUT2D eigenvalue weighted by Crippen LogP contribution is 2.37. The summed E-state index contributed by atoms with van der Waals surface area (Å²) in [6.45, 7) is 5.59. The molecule has 0 radical (unpaired) electrons. The van der Waals surface area contributed by atoms with Crippen LogP contribution in [0.25, 0.3) is 0 Å².